The van der Waals surface area contributed by atoms with Crippen molar-refractivity contribution >= 4 is 46.6 Å². The van der Waals surface area contributed by atoms with Gasteiger partial charge in [0.05, 0.1) is 33.4 Å². The first-order valence-electron chi connectivity index (χ1n) is 6.76. The van der Waals surface area contributed by atoms with Crippen LogP contribution in [0.5, 0.6) is 0 Å². The molecule has 0 aliphatic carbocycles. The van der Waals surface area contributed by atoms with Crippen LogP contribution in [-0.4, -0.2) is 24.8 Å². The van der Waals surface area contributed by atoms with Crippen molar-refractivity contribution in [2.45, 2.75) is 6.92 Å². The molecular weight excluding hydrogens is 324 g/mol. The highest BCUT2D eigenvalue weighted by molar-refractivity contribution is 6.37. The zero-order valence-electron chi connectivity index (χ0n) is 12.3. The van der Waals surface area contributed by atoms with Crippen LogP contribution in [0.25, 0.3) is 0 Å². The molecule has 0 bridgehead atoms. The Kier molecular flexibility index (Phi) is 5.63. The Bertz CT molecular complexity index is 689. The summed E-state index contributed by atoms with van der Waals surface area (Å²) in [6, 6.07) is 9.64. The average Bonchev–Trinajstić information content (AvgIpc) is 2.51. The molecule has 0 heterocycles. The van der Waals surface area contributed by atoms with Gasteiger partial charge in [-0.2, -0.15) is 0 Å². The Morgan fingerprint density at radius 2 is 1.91 bits per heavy atom. The fourth-order valence-electron chi connectivity index (χ4n) is 1.68. The number of nitrogens with one attached hydrogen (secondary N) is 1. The van der Waals surface area contributed by atoms with E-state index in [0.29, 0.717) is 27.1 Å². The van der Waals surface area contributed by atoms with Crippen molar-refractivity contribution in [2.75, 3.05) is 18.9 Å². The third-order valence-corrected chi connectivity index (χ3v) is 3.69. The number of hydrogen-bond donors (Lipinski definition) is 1. The average molecular weight is 340 g/mol. The number of halogens is 3. The standard InChI is InChI=1S/C16H16Cl2FN3/c1-3-22(2)10-20-15-8-12(18)16(9-11(15)17)21-14-7-5-4-6-13(14)19/h4-10,21H,3H2,1-2H3. The van der Waals surface area contributed by atoms with E-state index in [1.807, 2.05) is 18.9 Å². The molecule has 0 aromatic heterocycles. The van der Waals surface area contributed by atoms with E-state index in [1.54, 1.807) is 36.7 Å². The number of hydrogen-bond acceptors (Lipinski definition) is 2. The van der Waals surface area contributed by atoms with Gasteiger partial charge >= 0.3 is 0 Å². The van der Waals surface area contributed by atoms with Crippen molar-refractivity contribution in [3.05, 3.63) is 52.3 Å². The van der Waals surface area contributed by atoms with E-state index in [0.717, 1.165) is 6.54 Å². The molecular formula is C16H16Cl2FN3. The number of rotatable bonds is 5. The molecule has 0 aliphatic heterocycles. The van der Waals surface area contributed by atoms with E-state index < -0.39 is 0 Å². The second-order valence-corrected chi connectivity index (χ2v) is 5.52. The maximum absolute atomic E-state index is 13.7. The zero-order valence-corrected chi connectivity index (χ0v) is 13.8. The molecule has 0 unspecified atom stereocenters. The Hall–Kier alpha value is -1.78. The highest BCUT2D eigenvalue weighted by atomic mass is 35.5. The van der Waals surface area contributed by atoms with Crippen molar-refractivity contribution in [3.8, 4) is 0 Å². The van der Waals surface area contributed by atoms with Gasteiger partial charge in [-0.05, 0) is 31.2 Å². The summed E-state index contributed by atoms with van der Waals surface area (Å²) in [5, 5.41) is 3.78. The molecule has 0 saturated carbocycles. The van der Waals surface area contributed by atoms with Crippen molar-refractivity contribution < 1.29 is 4.39 Å². The number of benzene rings is 2. The maximum Gasteiger partial charge on any atom is 0.146 e. The summed E-state index contributed by atoms with van der Waals surface area (Å²) in [5.41, 5.74) is 1.42. The van der Waals surface area contributed by atoms with Gasteiger partial charge in [-0.25, -0.2) is 9.38 Å². The van der Waals surface area contributed by atoms with Gasteiger partial charge in [0.15, 0.2) is 0 Å². The summed E-state index contributed by atoms with van der Waals surface area (Å²) in [7, 11) is 1.91. The van der Waals surface area contributed by atoms with E-state index in [1.165, 1.54) is 6.07 Å². The molecule has 1 N–H and O–H groups in total. The molecule has 0 saturated heterocycles. The molecule has 0 atom stereocenters. The summed E-state index contributed by atoms with van der Waals surface area (Å²) in [6.45, 7) is 2.85. The van der Waals surface area contributed by atoms with Crippen LogP contribution < -0.4 is 5.32 Å². The summed E-state index contributed by atoms with van der Waals surface area (Å²) in [5.74, 6) is -0.360. The summed E-state index contributed by atoms with van der Waals surface area (Å²) >= 11 is 12.4. The van der Waals surface area contributed by atoms with Crippen molar-refractivity contribution in [1.29, 1.82) is 0 Å². The Labute approximate surface area is 139 Å². The third kappa shape index (κ3) is 4.12. The first-order chi connectivity index (χ1) is 10.5. The van der Waals surface area contributed by atoms with E-state index in [9.17, 15) is 4.39 Å². The van der Waals surface area contributed by atoms with Crippen LogP contribution in [0.15, 0.2) is 41.4 Å². The van der Waals surface area contributed by atoms with Gasteiger partial charge < -0.3 is 10.2 Å². The first-order valence-corrected chi connectivity index (χ1v) is 7.52. The van der Waals surface area contributed by atoms with Gasteiger partial charge in [-0.3, -0.25) is 0 Å². The van der Waals surface area contributed by atoms with Crippen molar-refractivity contribution in [3.63, 3.8) is 0 Å². The molecule has 2 rings (SSSR count). The van der Waals surface area contributed by atoms with Gasteiger partial charge in [-0.1, -0.05) is 35.3 Å². The lowest BCUT2D eigenvalue weighted by Crippen LogP contribution is -2.14. The fraction of sp³-hybridized carbons (Fsp3) is 0.188. The minimum atomic E-state index is -0.360. The van der Waals surface area contributed by atoms with Gasteiger partial charge in [0.25, 0.3) is 0 Å². The van der Waals surface area contributed by atoms with Gasteiger partial charge in [0.2, 0.25) is 0 Å². The minimum Gasteiger partial charge on any atom is -0.366 e. The number of anilines is 2. The first kappa shape index (κ1) is 16.6. The minimum absolute atomic E-state index is 0.336. The van der Waals surface area contributed by atoms with Gasteiger partial charge in [-0.15, -0.1) is 0 Å². The molecule has 0 radical (unpaired) electrons. The second-order valence-electron chi connectivity index (χ2n) is 4.71. The Morgan fingerprint density at radius 1 is 1.18 bits per heavy atom. The van der Waals surface area contributed by atoms with Gasteiger partial charge in [0, 0.05) is 13.6 Å². The smallest absolute Gasteiger partial charge is 0.146 e. The lowest BCUT2D eigenvalue weighted by Gasteiger charge is -2.12. The van der Waals surface area contributed by atoms with Crippen molar-refractivity contribution in [1.82, 2.24) is 4.90 Å². The van der Waals surface area contributed by atoms with E-state index in [-0.39, 0.29) is 5.82 Å². The van der Waals surface area contributed by atoms with Crippen LogP contribution >= 0.6 is 23.2 Å². The fourth-order valence-corrected chi connectivity index (χ4v) is 2.10. The summed E-state index contributed by atoms with van der Waals surface area (Å²) < 4.78 is 13.7. The molecule has 22 heavy (non-hydrogen) atoms. The van der Waals surface area contributed by atoms with Crippen LogP contribution in [0, 0.1) is 5.82 Å². The van der Waals surface area contributed by atoms with Crippen LogP contribution in [-0.2, 0) is 0 Å². The molecule has 0 amide bonds. The SMILES string of the molecule is CCN(C)C=Nc1cc(Cl)c(Nc2ccccc2F)cc1Cl. The molecule has 3 nitrogen and oxygen atoms in total. The second kappa shape index (κ2) is 7.47. The largest absolute Gasteiger partial charge is 0.366 e. The van der Waals surface area contributed by atoms with Crippen LogP contribution in [0.4, 0.5) is 21.5 Å². The van der Waals surface area contributed by atoms with E-state index in [4.69, 9.17) is 23.2 Å². The Balaban J connectivity index is 2.27. The maximum atomic E-state index is 13.7. The zero-order chi connectivity index (χ0) is 16.1. The molecule has 116 valence electrons. The van der Waals surface area contributed by atoms with Crippen molar-refractivity contribution in [2.24, 2.45) is 4.99 Å². The van der Waals surface area contributed by atoms with Crippen LogP contribution in [0.2, 0.25) is 10.0 Å². The summed E-state index contributed by atoms with van der Waals surface area (Å²) in [6.07, 6.45) is 1.68. The monoisotopic (exact) mass is 339 g/mol. The topological polar surface area (TPSA) is 27.6 Å². The molecule has 2 aromatic carbocycles. The lowest BCUT2D eigenvalue weighted by atomic mass is 10.2. The van der Waals surface area contributed by atoms with Gasteiger partial charge in [0.1, 0.15) is 5.82 Å². The Morgan fingerprint density at radius 3 is 2.59 bits per heavy atom. The molecule has 6 heteroatoms. The predicted molar refractivity (Wildman–Crippen MR) is 92.6 cm³/mol. The molecule has 2 aromatic rings. The van der Waals surface area contributed by atoms with Crippen LogP contribution in [0.1, 0.15) is 6.92 Å². The highest BCUT2D eigenvalue weighted by Gasteiger charge is 2.09. The number of nitrogens with zero attached hydrogens (tertiary/aromatic N) is 2. The number of para-hydroxylation sites is 1. The highest BCUT2D eigenvalue weighted by Crippen LogP contribution is 2.36. The molecule has 0 aliphatic rings. The number of aliphatic imine (C=N–C) groups is 1. The predicted octanol–water partition coefficient (Wildman–Crippen LogP) is 5.49. The van der Waals surface area contributed by atoms with Crippen LogP contribution in [0.3, 0.4) is 0 Å². The van der Waals surface area contributed by atoms with E-state index >= 15 is 0 Å². The normalized spacial score (nSPS) is 11.0. The summed E-state index contributed by atoms with van der Waals surface area (Å²) in [4.78, 5) is 6.20. The van der Waals surface area contributed by atoms with E-state index in [2.05, 4.69) is 10.3 Å². The molecule has 0 spiro atoms. The lowest BCUT2D eigenvalue weighted by molar-refractivity contribution is 0.552. The molecule has 0 fully saturated rings. The quantitative estimate of drug-likeness (QED) is 0.576. The third-order valence-electron chi connectivity index (χ3n) is 3.07.